The molecule has 0 aliphatic rings. The van der Waals surface area contributed by atoms with Crippen LogP contribution in [0.4, 0.5) is 5.13 Å². The van der Waals surface area contributed by atoms with E-state index in [1.54, 1.807) is 6.20 Å². The van der Waals surface area contributed by atoms with Crippen LogP contribution >= 0.6 is 34.5 Å². The largest absolute Gasteiger partial charge is 0.374 e. The number of hydrogen-bond acceptors (Lipinski definition) is 6. The van der Waals surface area contributed by atoms with Crippen molar-refractivity contribution in [2.24, 2.45) is 0 Å². The molecule has 2 N–H and O–H groups in total. The fraction of sp³-hybridized carbons (Fsp3) is 0. The molecule has 0 unspecified atom stereocenters. The van der Waals surface area contributed by atoms with Gasteiger partial charge in [0.2, 0.25) is 5.82 Å². The lowest BCUT2D eigenvalue weighted by Gasteiger charge is -1.81. The highest BCUT2D eigenvalue weighted by Gasteiger charge is 2.08. The van der Waals surface area contributed by atoms with Crippen LogP contribution in [-0.2, 0) is 0 Å². The summed E-state index contributed by atoms with van der Waals surface area (Å²) in [5, 5.41) is 1.14. The highest BCUT2D eigenvalue weighted by atomic mass is 35.5. The van der Waals surface area contributed by atoms with Crippen molar-refractivity contribution in [3.05, 3.63) is 10.5 Å². The zero-order valence-electron chi connectivity index (χ0n) is 5.69. The number of aromatic nitrogens is 3. The third kappa shape index (κ3) is 1.40. The number of halogens is 1. The van der Waals surface area contributed by atoms with Gasteiger partial charge in [0.25, 0.3) is 0 Å². The molecule has 62 valence electrons. The Labute approximate surface area is 81.2 Å². The molecule has 2 rings (SSSR count). The van der Waals surface area contributed by atoms with Crippen LogP contribution in [0, 0.1) is 0 Å². The van der Waals surface area contributed by atoms with Crippen molar-refractivity contribution in [1.82, 2.24) is 14.3 Å². The van der Waals surface area contributed by atoms with E-state index in [-0.39, 0.29) is 0 Å². The van der Waals surface area contributed by atoms with Crippen LogP contribution < -0.4 is 5.73 Å². The number of thiazole rings is 1. The van der Waals surface area contributed by atoms with E-state index in [2.05, 4.69) is 14.3 Å². The number of nitrogen functional groups attached to an aromatic ring is 1. The van der Waals surface area contributed by atoms with Gasteiger partial charge in [0.05, 0.1) is 6.20 Å². The minimum Gasteiger partial charge on any atom is -0.374 e. The molecule has 2 heterocycles. The predicted octanol–water partition coefficient (Wildman–Crippen LogP) is 1.90. The number of anilines is 1. The lowest BCUT2D eigenvalue weighted by molar-refractivity contribution is 1.29. The Balaban J connectivity index is 2.43. The lowest BCUT2D eigenvalue weighted by Crippen LogP contribution is -1.82. The van der Waals surface area contributed by atoms with E-state index in [1.807, 2.05) is 0 Å². The number of nitrogens with two attached hydrogens (primary N) is 1. The van der Waals surface area contributed by atoms with E-state index in [4.69, 9.17) is 17.3 Å². The summed E-state index contributed by atoms with van der Waals surface area (Å²) in [6.07, 6.45) is 1.57. The summed E-state index contributed by atoms with van der Waals surface area (Å²) in [7, 11) is 0. The first kappa shape index (κ1) is 7.90. The van der Waals surface area contributed by atoms with Gasteiger partial charge in [-0.3, -0.25) is 0 Å². The minimum atomic E-state index is 0.441. The van der Waals surface area contributed by atoms with Gasteiger partial charge in [-0.1, -0.05) is 22.9 Å². The van der Waals surface area contributed by atoms with Crippen LogP contribution in [-0.4, -0.2) is 14.3 Å². The van der Waals surface area contributed by atoms with Gasteiger partial charge in [0.1, 0.15) is 4.34 Å². The quantitative estimate of drug-likeness (QED) is 0.794. The number of rotatable bonds is 1. The maximum Gasteiger partial charge on any atom is 0.203 e. The molecule has 2 aromatic heterocycles. The maximum atomic E-state index is 5.69. The molecule has 0 aliphatic heterocycles. The van der Waals surface area contributed by atoms with Gasteiger partial charge in [-0.05, 0) is 0 Å². The second-order valence-electron chi connectivity index (χ2n) is 1.93. The highest BCUT2D eigenvalue weighted by Crippen LogP contribution is 2.27. The average molecular weight is 219 g/mol. The first-order chi connectivity index (χ1) is 5.75. The van der Waals surface area contributed by atoms with Gasteiger partial charge in [0, 0.05) is 11.5 Å². The molecule has 0 saturated heterocycles. The second kappa shape index (κ2) is 2.96. The van der Waals surface area contributed by atoms with Crippen molar-refractivity contribution >= 4 is 39.6 Å². The van der Waals surface area contributed by atoms with E-state index >= 15 is 0 Å². The van der Waals surface area contributed by atoms with Crippen LogP contribution in [0.25, 0.3) is 10.8 Å². The Morgan fingerprint density at radius 2 is 2.33 bits per heavy atom. The second-order valence-corrected chi connectivity index (χ2v) is 4.37. The molecule has 2 aromatic rings. The Morgan fingerprint density at radius 3 is 2.83 bits per heavy atom. The number of hydrogen-bond donors (Lipinski definition) is 1. The van der Waals surface area contributed by atoms with E-state index in [0.717, 1.165) is 11.5 Å². The van der Waals surface area contributed by atoms with Crippen molar-refractivity contribution in [3.8, 4) is 10.8 Å². The molecule has 0 spiro atoms. The van der Waals surface area contributed by atoms with Crippen LogP contribution in [0.5, 0.6) is 0 Å². The summed E-state index contributed by atoms with van der Waals surface area (Å²) in [6.45, 7) is 0. The van der Waals surface area contributed by atoms with E-state index in [0.29, 0.717) is 20.3 Å². The maximum absolute atomic E-state index is 5.69. The first-order valence-corrected chi connectivity index (χ1v) is 4.93. The smallest absolute Gasteiger partial charge is 0.203 e. The molecular weight excluding hydrogens is 216 g/mol. The zero-order valence-corrected chi connectivity index (χ0v) is 8.08. The van der Waals surface area contributed by atoms with Gasteiger partial charge in [-0.25, -0.2) is 4.98 Å². The molecule has 0 aliphatic carbocycles. The Morgan fingerprint density at radius 1 is 1.50 bits per heavy atom. The lowest BCUT2D eigenvalue weighted by atomic mass is 10.6. The number of nitrogens with zero attached hydrogens (tertiary/aromatic N) is 3. The molecular formula is C5H3ClN4S2. The van der Waals surface area contributed by atoms with Gasteiger partial charge in [0.15, 0.2) is 10.1 Å². The molecule has 0 bridgehead atoms. The molecule has 12 heavy (non-hydrogen) atoms. The molecule has 4 nitrogen and oxygen atoms in total. The molecule has 0 saturated carbocycles. The molecule has 0 aromatic carbocycles. The van der Waals surface area contributed by atoms with Crippen LogP contribution in [0.2, 0.25) is 4.34 Å². The van der Waals surface area contributed by atoms with E-state index < -0.39 is 0 Å². The Bertz CT molecular complexity index is 357. The highest BCUT2D eigenvalue weighted by molar-refractivity contribution is 7.19. The normalized spacial score (nSPS) is 10.4. The topological polar surface area (TPSA) is 64.7 Å². The van der Waals surface area contributed by atoms with Crippen molar-refractivity contribution < 1.29 is 0 Å². The first-order valence-electron chi connectivity index (χ1n) is 2.96. The monoisotopic (exact) mass is 218 g/mol. The van der Waals surface area contributed by atoms with E-state index in [1.165, 1.54) is 11.3 Å². The summed E-state index contributed by atoms with van der Waals surface area (Å²) in [5.74, 6) is 0.550. The average Bonchev–Trinajstić information content (AvgIpc) is 2.58. The van der Waals surface area contributed by atoms with Crippen LogP contribution in [0.3, 0.4) is 0 Å². The fourth-order valence-electron chi connectivity index (χ4n) is 0.680. The zero-order chi connectivity index (χ0) is 8.55. The Hall–Kier alpha value is -0.720. The van der Waals surface area contributed by atoms with Crippen molar-refractivity contribution in [2.75, 3.05) is 5.73 Å². The third-order valence-electron chi connectivity index (χ3n) is 1.11. The van der Waals surface area contributed by atoms with Crippen molar-refractivity contribution in [2.45, 2.75) is 0 Å². The van der Waals surface area contributed by atoms with Crippen LogP contribution in [0.1, 0.15) is 0 Å². The molecule has 0 radical (unpaired) electrons. The SMILES string of the molecule is Nc1nc(-c2ncc(Cl)s2)ns1. The van der Waals surface area contributed by atoms with Gasteiger partial charge >= 0.3 is 0 Å². The summed E-state index contributed by atoms with van der Waals surface area (Å²) in [4.78, 5) is 7.98. The van der Waals surface area contributed by atoms with Crippen LogP contribution in [0.15, 0.2) is 6.20 Å². The minimum absolute atomic E-state index is 0.441. The van der Waals surface area contributed by atoms with Crippen molar-refractivity contribution in [1.29, 1.82) is 0 Å². The summed E-state index contributed by atoms with van der Waals surface area (Å²) < 4.78 is 4.62. The van der Waals surface area contributed by atoms with Gasteiger partial charge in [-0.15, -0.1) is 0 Å². The third-order valence-corrected chi connectivity index (χ3v) is 2.76. The van der Waals surface area contributed by atoms with Gasteiger partial charge in [-0.2, -0.15) is 9.36 Å². The fourth-order valence-corrected chi connectivity index (χ4v) is 2.02. The standard InChI is InChI=1S/C5H3ClN4S2/c6-2-1-8-4(11-2)3-9-5(7)12-10-3/h1H,(H2,7,9,10). The molecule has 0 atom stereocenters. The predicted molar refractivity (Wildman–Crippen MR) is 50.4 cm³/mol. The molecule has 7 heteroatoms. The summed E-state index contributed by atoms with van der Waals surface area (Å²) >= 11 is 8.17. The Kier molecular flexibility index (Phi) is 1.95. The van der Waals surface area contributed by atoms with E-state index in [9.17, 15) is 0 Å². The van der Waals surface area contributed by atoms with Gasteiger partial charge < -0.3 is 5.73 Å². The summed E-state index contributed by atoms with van der Waals surface area (Å²) in [5.41, 5.74) is 5.41. The molecule has 0 fully saturated rings. The molecule has 0 amide bonds. The van der Waals surface area contributed by atoms with Crippen molar-refractivity contribution in [3.63, 3.8) is 0 Å². The summed E-state index contributed by atoms with van der Waals surface area (Å²) in [6, 6.07) is 0.